The molecule has 7 heteroatoms. The molecule has 4 rings (SSSR count). The molecule has 3 heterocycles. The van der Waals surface area contributed by atoms with Crippen LogP contribution in [0.2, 0.25) is 0 Å². The highest BCUT2D eigenvalue weighted by molar-refractivity contribution is 5.82. The third-order valence-corrected chi connectivity index (χ3v) is 5.55. The molecular weight excluding hydrogens is 328 g/mol. The maximum Gasteiger partial charge on any atom is 0.240 e. The Hall–Kier alpha value is -2.28. The van der Waals surface area contributed by atoms with E-state index < -0.39 is 0 Å². The van der Waals surface area contributed by atoms with Crippen LogP contribution in [0.25, 0.3) is 0 Å². The van der Waals surface area contributed by atoms with Gasteiger partial charge in [0, 0.05) is 26.2 Å². The van der Waals surface area contributed by atoms with Gasteiger partial charge in [-0.3, -0.25) is 9.69 Å². The smallest absolute Gasteiger partial charge is 0.240 e. The molecule has 2 fully saturated rings. The van der Waals surface area contributed by atoms with Crippen LogP contribution in [0.15, 0.2) is 36.7 Å². The van der Waals surface area contributed by atoms with Crippen LogP contribution in [-0.2, 0) is 11.3 Å². The lowest BCUT2D eigenvalue weighted by Crippen LogP contribution is -2.45. The Balaban J connectivity index is 1.53. The molecule has 0 spiro atoms. The van der Waals surface area contributed by atoms with E-state index in [9.17, 15) is 4.79 Å². The van der Waals surface area contributed by atoms with E-state index in [1.807, 2.05) is 6.07 Å². The minimum Gasteiger partial charge on any atom is -0.341 e. The highest BCUT2D eigenvalue weighted by Gasteiger charge is 2.40. The van der Waals surface area contributed by atoms with Gasteiger partial charge in [-0.25, -0.2) is 4.68 Å². The van der Waals surface area contributed by atoms with Crippen molar-refractivity contribution in [1.29, 1.82) is 0 Å². The van der Waals surface area contributed by atoms with Gasteiger partial charge in [0.1, 0.15) is 6.33 Å². The lowest BCUT2D eigenvalue weighted by molar-refractivity contribution is -0.136. The zero-order valence-electron chi connectivity index (χ0n) is 15.1. The largest absolute Gasteiger partial charge is 0.341 e. The Bertz CT molecular complexity index is 696. The molecule has 2 aliphatic heterocycles. The molecule has 0 N–H and O–H groups in total. The van der Waals surface area contributed by atoms with Crippen LogP contribution in [0, 0.1) is 0 Å². The summed E-state index contributed by atoms with van der Waals surface area (Å²) < 4.78 is 1.80. The van der Waals surface area contributed by atoms with E-state index in [0.717, 1.165) is 45.4 Å². The quantitative estimate of drug-likeness (QED) is 0.839. The second-order valence-corrected chi connectivity index (χ2v) is 7.35. The van der Waals surface area contributed by atoms with E-state index in [2.05, 4.69) is 49.6 Å². The van der Waals surface area contributed by atoms with E-state index >= 15 is 0 Å². The Morgan fingerprint density at radius 2 is 1.85 bits per heavy atom. The topological polar surface area (TPSA) is 67.2 Å². The lowest BCUT2D eigenvalue weighted by Gasteiger charge is -2.29. The van der Waals surface area contributed by atoms with E-state index in [1.54, 1.807) is 11.0 Å². The Labute approximate surface area is 154 Å². The van der Waals surface area contributed by atoms with Crippen molar-refractivity contribution in [1.82, 2.24) is 30.0 Å². The lowest BCUT2D eigenvalue weighted by atomic mass is 10.1. The zero-order valence-corrected chi connectivity index (χ0v) is 15.1. The Kier molecular flexibility index (Phi) is 5.24. The van der Waals surface area contributed by atoms with Crippen LogP contribution >= 0.6 is 0 Å². The first-order chi connectivity index (χ1) is 12.8. The second kappa shape index (κ2) is 7.95. The van der Waals surface area contributed by atoms with Crippen molar-refractivity contribution in [2.45, 2.75) is 50.7 Å². The first-order valence-electron chi connectivity index (χ1n) is 9.60. The zero-order chi connectivity index (χ0) is 17.8. The molecule has 2 atom stereocenters. The van der Waals surface area contributed by atoms with E-state index in [0.29, 0.717) is 0 Å². The highest BCUT2D eigenvalue weighted by Crippen LogP contribution is 2.30. The molecule has 138 valence electrons. The number of amides is 1. The predicted octanol–water partition coefficient (Wildman–Crippen LogP) is 1.89. The maximum atomic E-state index is 13.3. The molecule has 26 heavy (non-hydrogen) atoms. The number of hydrogen-bond acceptors (Lipinski definition) is 5. The number of tetrazole rings is 1. The van der Waals surface area contributed by atoms with Crippen molar-refractivity contribution >= 4 is 5.91 Å². The molecule has 1 amide bonds. The number of carbonyl (C=O) groups excluding carboxylic acids is 1. The number of carbonyl (C=O) groups is 1. The fourth-order valence-electron chi connectivity index (χ4n) is 4.16. The van der Waals surface area contributed by atoms with Crippen molar-refractivity contribution in [3.63, 3.8) is 0 Å². The van der Waals surface area contributed by atoms with Gasteiger partial charge >= 0.3 is 0 Å². The molecule has 0 bridgehead atoms. The summed E-state index contributed by atoms with van der Waals surface area (Å²) in [6.07, 6.45) is 7.13. The van der Waals surface area contributed by atoms with Crippen LogP contribution in [0.4, 0.5) is 0 Å². The first kappa shape index (κ1) is 17.1. The summed E-state index contributed by atoms with van der Waals surface area (Å²) in [5.74, 6) is 0.276. The summed E-state index contributed by atoms with van der Waals surface area (Å²) in [5, 5.41) is 11.6. The molecule has 0 saturated carbocycles. The third-order valence-electron chi connectivity index (χ3n) is 5.55. The molecule has 2 aliphatic rings. The maximum absolute atomic E-state index is 13.3. The van der Waals surface area contributed by atoms with Crippen LogP contribution in [-0.4, -0.2) is 61.6 Å². The van der Waals surface area contributed by atoms with Gasteiger partial charge in [-0.05, 0) is 35.3 Å². The van der Waals surface area contributed by atoms with Crippen molar-refractivity contribution in [3.8, 4) is 0 Å². The molecule has 0 radical (unpaired) electrons. The van der Waals surface area contributed by atoms with Crippen LogP contribution in [0.5, 0.6) is 0 Å². The molecule has 1 aromatic heterocycles. The number of nitrogens with zero attached hydrogens (tertiary/aromatic N) is 6. The van der Waals surface area contributed by atoms with Gasteiger partial charge in [-0.2, -0.15) is 0 Å². The summed E-state index contributed by atoms with van der Waals surface area (Å²) in [7, 11) is 0. The summed E-state index contributed by atoms with van der Waals surface area (Å²) in [6, 6.07) is 10.4. The molecule has 0 unspecified atom stereocenters. The Morgan fingerprint density at radius 3 is 2.54 bits per heavy atom. The summed E-state index contributed by atoms with van der Waals surface area (Å²) in [5.41, 5.74) is 1.23. The minimum atomic E-state index is -0.0949. The summed E-state index contributed by atoms with van der Waals surface area (Å²) >= 11 is 0. The normalized spacial score (nSPS) is 24.5. The Morgan fingerprint density at radius 1 is 1.08 bits per heavy atom. The van der Waals surface area contributed by atoms with Gasteiger partial charge in [0.15, 0.2) is 0 Å². The van der Waals surface area contributed by atoms with Gasteiger partial charge in [0.2, 0.25) is 5.91 Å². The van der Waals surface area contributed by atoms with E-state index in [4.69, 9.17) is 0 Å². The third kappa shape index (κ3) is 3.77. The van der Waals surface area contributed by atoms with Gasteiger partial charge < -0.3 is 4.90 Å². The molecule has 0 aliphatic carbocycles. The molecule has 7 nitrogen and oxygen atoms in total. The van der Waals surface area contributed by atoms with Gasteiger partial charge in [-0.15, -0.1) is 5.10 Å². The van der Waals surface area contributed by atoms with Gasteiger partial charge in [0.25, 0.3) is 0 Å². The summed E-state index contributed by atoms with van der Waals surface area (Å²) in [6.45, 7) is 3.36. The molecule has 1 aromatic carbocycles. The van der Waals surface area contributed by atoms with Crippen LogP contribution in [0.3, 0.4) is 0 Å². The van der Waals surface area contributed by atoms with Crippen molar-refractivity contribution in [2.24, 2.45) is 0 Å². The van der Waals surface area contributed by atoms with Crippen molar-refractivity contribution in [3.05, 3.63) is 42.2 Å². The standard InChI is InChI=1S/C19H26N6O/c26-19(23-10-6-1-2-7-11-23)18-12-17(25-15-20-21-22-25)14-24(18)13-16-8-4-3-5-9-16/h3-5,8-9,15,17-18H,1-2,6-7,10-14H2/t17-,18-/m0/s1. The van der Waals surface area contributed by atoms with Crippen molar-refractivity contribution in [2.75, 3.05) is 19.6 Å². The number of hydrogen-bond donors (Lipinski definition) is 0. The molecule has 2 saturated heterocycles. The summed E-state index contributed by atoms with van der Waals surface area (Å²) in [4.78, 5) is 17.7. The monoisotopic (exact) mass is 354 g/mol. The predicted molar refractivity (Wildman–Crippen MR) is 97.2 cm³/mol. The minimum absolute atomic E-state index is 0.0949. The highest BCUT2D eigenvalue weighted by atomic mass is 16.2. The average molecular weight is 354 g/mol. The van der Waals surface area contributed by atoms with E-state index in [-0.39, 0.29) is 18.0 Å². The average Bonchev–Trinajstić information content (AvgIpc) is 3.26. The number of aromatic nitrogens is 4. The van der Waals surface area contributed by atoms with Crippen LogP contribution in [0.1, 0.15) is 43.7 Å². The number of benzene rings is 1. The van der Waals surface area contributed by atoms with Gasteiger partial charge in [0.05, 0.1) is 12.1 Å². The molecule has 2 aromatic rings. The first-order valence-corrected chi connectivity index (χ1v) is 9.60. The number of rotatable bonds is 4. The van der Waals surface area contributed by atoms with Gasteiger partial charge in [-0.1, -0.05) is 43.2 Å². The van der Waals surface area contributed by atoms with Crippen molar-refractivity contribution < 1.29 is 4.79 Å². The molecular formula is C19H26N6O. The van der Waals surface area contributed by atoms with E-state index in [1.165, 1.54) is 18.4 Å². The number of likely N-dealkylation sites (tertiary alicyclic amines) is 2. The van der Waals surface area contributed by atoms with Crippen LogP contribution < -0.4 is 0 Å². The fraction of sp³-hybridized carbons (Fsp3) is 0.579. The fourth-order valence-corrected chi connectivity index (χ4v) is 4.16. The second-order valence-electron chi connectivity index (χ2n) is 7.35. The SMILES string of the molecule is O=C([C@@H]1C[C@H](n2cnnn2)CN1Cc1ccccc1)N1CCCCCC1.